The first-order valence-electron chi connectivity index (χ1n) is 6.76. The molecule has 20 heavy (non-hydrogen) atoms. The van der Waals surface area contributed by atoms with Gasteiger partial charge in [-0.1, -0.05) is 6.07 Å². The Morgan fingerprint density at radius 2 is 2.05 bits per heavy atom. The fourth-order valence-electron chi connectivity index (χ4n) is 2.39. The van der Waals surface area contributed by atoms with Crippen molar-refractivity contribution in [1.29, 1.82) is 0 Å². The van der Waals surface area contributed by atoms with E-state index in [4.69, 9.17) is 5.73 Å². The van der Waals surface area contributed by atoms with E-state index in [9.17, 15) is 8.42 Å². The molecule has 2 heterocycles. The molecule has 0 spiro atoms. The summed E-state index contributed by atoms with van der Waals surface area (Å²) in [6.07, 6.45) is 3.23. The molecule has 0 atom stereocenters. The summed E-state index contributed by atoms with van der Waals surface area (Å²) < 4.78 is 26.5. The van der Waals surface area contributed by atoms with Gasteiger partial charge in [0.05, 0.1) is 0 Å². The Hall–Kier alpha value is -1.02. The number of piperidine rings is 1. The molecule has 2 N–H and O–H groups in total. The predicted molar refractivity (Wildman–Crippen MR) is 77.6 cm³/mol. The molecule has 1 aliphatic heterocycles. The average molecular weight is 298 g/mol. The highest BCUT2D eigenvalue weighted by Gasteiger charge is 2.30. The summed E-state index contributed by atoms with van der Waals surface area (Å²) >= 11 is 0. The molecular weight excluding hydrogens is 276 g/mol. The van der Waals surface area contributed by atoms with E-state index in [0.29, 0.717) is 6.54 Å². The Kier molecular flexibility index (Phi) is 4.74. The van der Waals surface area contributed by atoms with Crippen LogP contribution in [0.25, 0.3) is 0 Å². The van der Waals surface area contributed by atoms with Gasteiger partial charge in [-0.2, -0.15) is 4.31 Å². The van der Waals surface area contributed by atoms with Crippen LogP contribution in [0.4, 0.5) is 0 Å². The molecule has 0 saturated carbocycles. The fourth-order valence-corrected chi connectivity index (χ4v) is 3.71. The van der Waals surface area contributed by atoms with Crippen molar-refractivity contribution in [2.24, 2.45) is 5.73 Å². The monoisotopic (exact) mass is 298 g/mol. The largest absolute Gasteiger partial charge is 0.326 e. The summed E-state index contributed by atoms with van der Waals surface area (Å²) in [6.45, 7) is 2.20. The molecule has 0 amide bonds. The Bertz CT molecular complexity index is 536. The van der Waals surface area contributed by atoms with Gasteiger partial charge in [0.25, 0.3) is 10.0 Å². The first-order valence-corrected chi connectivity index (χ1v) is 8.20. The fraction of sp³-hybridized carbons (Fsp3) is 0.615. The molecule has 6 nitrogen and oxygen atoms in total. The molecule has 7 heteroatoms. The summed E-state index contributed by atoms with van der Waals surface area (Å²) in [7, 11) is 0.178. The number of rotatable bonds is 4. The van der Waals surface area contributed by atoms with Crippen molar-refractivity contribution in [3.05, 3.63) is 23.9 Å². The number of sulfonamides is 1. The van der Waals surface area contributed by atoms with Crippen molar-refractivity contribution in [3.8, 4) is 0 Å². The van der Waals surface area contributed by atoms with E-state index in [0.717, 1.165) is 31.5 Å². The van der Waals surface area contributed by atoms with Crippen LogP contribution in [-0.4, -0.2) is 55.8 Å². The Balaban J connectivity index is 2.16. The van der Waals surface area contributed by atoms with Gasteiger partial charge in [0, 0.05) is 25.8 Å². The highest BCUT2D eigenvalue weighted by atomic mass is 32.2. The van der Waals surface area contributed by atoms with E-state index in [1.54, 1.807) is 13.1 Å². The maximum atomic E-state index is 12.5. The van der Waals surface area contributed by atoms with Gasteiger partial charge in [0.1, 0.15) is 0 Å². The topological polar surface area (TPSA) is 79.5 Å². The molecule has 2 rings (SSSR count). The maximum Gasteiger partial charge on any atom is 0.260 e. The molecule has 1 aliphatic rings. The zero-order chi connectivity index (χ0) is 14.8. The van der Waals surface area contributed by atoms with E-state index >= 15 is 0 Å². The third kappa shape index (κ3) is 3.17. The maximum absolute atomic E-state index is 12.5. The third-order valence-electron chi connectivity index (χ3n) is 3.88. The second-order valence-corrected chi connectivity index (χ2v) is 7.21. The second-order valence-electron chi connectivity index (χ2n) is 5.26. The van der Waals surface area contributed by atoms with Crippen molar-refractivity contribution < 1.29 is 8.42 Å². The Labute approximate surface area is 120 Å². The average Bonchev–Trinajstić information content (AvgIpc) is 2.47. The van der Waals surface area contributed by atoms with Crippen molar-refractivity contribution >= 4 is 10.0 Å². The number of hydrogen-bond donors (Lipinski definition) is 1. The van der Waals surface area contributed by atoms with Crippen molar-refractivity contribution in [3.63, 3.8) is 0 Å². The van der Waals surface area contributed by atoms with Crippen LogP contribution in [0.1, 0.15) is 18.4 Å². The quantitative estimate of drug-likeness (QED) is 0.862. The number of nitrogens with two attached hydrogens (primary N) is 1. The zero-order valence-electron chi connectivity index (χ0n) is 12.0. The Morgan fingerprint density at radius 3 is 2.55 bits per heavy atom. The molecule has 1 fully saturated rings. The minimum absolute atomic E-state index is 0.0483. The number of likely N-dealkylation sites (tertiary alicyclic amines) is 1. The van der Waals surface area contributed by atoms with Crippen LogP contribution < -0.4 is 5.73 Å². The van der Waals surface area contributed by atoms with E-state index in [1.165, 1.54) is 16.6 Å². The van der Waals surface area contributed by atoms with E-state index in [-0.39, 0.29) is 11.1 Å². The Morgan fingerprint density at radius 1 is 1.40 bits per heavy atom. The summed E-state index contributed by atoms with van der Waals surface area (Å²) in [5.41, 5.74) is 6.32. The van der Waals surface area contributed by atoms with Crippen molar-refractivity contribution in [2.75, 3.05) is 27.2 Å². The smallest absolute Gasteiger partial charge is 0.260 e. The molecule has 1 aromatic heterocycles. The molecule has 0 bridgehead atoms. The molecule has 0 radical (unpaired) electrons. The zero-order valence-corrected chi connectivity index (χ0v) is 12.8. The van der Waals surface area contributed by atoms with Crippen LogP contribution >= 0.6 is 0 Å². The van der Waals surface area contributed by atoms with Gasteiger partial charge in [-0.3, -0.25) is 0 Å². The summed E-state index contributed by atoms with van der Waals surface area (Å²) in [5.74, 6) is 0. The van der Waals surface area contributed by atoms with Crippen LogP contribution in [0.3, 0.4) is 0 Å². The third-order valence-corrected chi connectivity index (χ3v) is 5.71. The van der Waals surface area contributed by atoms with Crippen molar-refractivity contribution in [1.82, 2.24) is 14.2 Å². The summed E-state index contributed by atoms with van der Waals surface area (Å²) in [4.78, 5) is 6.25. The van der Waals surface area contributed by atoms with Gasteiger partial charge in [-0.15, -0.1) is 0 Å². The SMILES string of the molecule is CN1CCC(N(C)S(=O)(=O)c2ccc(CN)cn2)CC1. The van der Waals surface area contributed by atoms with E-state index < -0.39 is 10.0 Å². The number of nitrogens with zero attached hydrogens (tertiary/aromatic N) is 3. The number of hydrogen-bond acceptors (Lipinski definition) is 5. The molecule has 1 aromatic rings. The van der Waals surface area contributed by atoms with Gasteiger partial charge in [-0.25, -0.2) is 13.4 Å². The minimum atomic E-state index is -3.52. The van der Waals surface area contributed by atoms with Gasteiger partial charge in [-0.05, 0) is 44.6 Å². The van der Waals surface area contributed by atoms with Gasteiger partial charge in [0.15, 0.2) is 5.03 Å². The lowest BCUT2D eigenvalue weighted by atomic mass is 10.1. The first-order chi connectivity index (χ1) is 9.45. The summed E-state index contributed by atoms with van der Waals surface area (Å²) in [6, 6.07) is 3.29. The normalized spacial score (nSPS) is 18.6. The predicted octanol–water partition coefficient (Wildman–Crippen LogP) is 0.255. The number of pyridine rings is 1. The molecular formula is C13H22N4O2S. The van der Waals surface area contributed by atoms with Gasteiger partial charge in [0.2, 0.25) is 0 Å². The minimum Gasteiger partial charge on any atom is -0.326 e. The second kappa shape index (κ2) is 6.17. The standard InChI is InChI=1S/C13H22N4O2S/c1-16-7-5-12(6-8-16)17(2)20(18,19)13-4-3-11(9-14)10-15-13/h3-4,10,12H,5-9,14H2,1-2H3. The van der Waals surface area contributed by atoms with Crippen LogP contribution in [0.5, 0.6) is 0 Å². The van der Waals surface area contributed by atoms with Crippen molar-refractivity contribution in [2.45, 2.75) is 30.5 Å². The lowest BCUT2D eigenvalue weighted by Gasteiger charge is -2.34. The van der Waals surface area contributed by atoms with Crippen LogP contribution in [0.15, 0.2) is 23.4 Å². The lowest BCUT2D eigenvalue weighted by Crippen LogP contribution is -2.44. The van der Waals surface area contributed by atoms with Crippen LogP contribution in [0, 0.1) is 0 Å². The summed E-state index contributed by atoms with van der Waals surface area (Å²) in [5, 5.41) is 0.0936. The van der Waals surface area contributed by atoms with E-state index in [1.807, 2.05) is 0 Å². The molecule has 1 saturated heterocycles. The van der Waals surface area contributed by atoms with E-state index in [2.05, 4.69) is 16.9 Å². The number of aromatic nitrogens is 1. The van der Waals surface area contributed by atoms with Gasteiger partial charge >= 0.3 is 0 Å². The van der Waals surface area contributed by atoms with Gasteiger partial charge < -0.3 is 10.6 Å². The highest BCUT2D eigenvalue weighted by Crippen LogP contribution is 2.21. The van der Waals surface area contributed by atoms with Crippen LogP contribution in [-0.2, 0) is 16.6 Å². The molecule has 0 aliphatic carbocycles. The first kappa shape index (κ1) is 15.4. The van der Waals surface area contributed by atoms with Crippen LogP contribution in [0.2, 0.25) is 0 Å². The molecule has 0 unspecified atom stereocenters. The lowest BCUT2D eigenvalue weighted by molar-refractivity contribution is 0.197. The molecule has 0 aromatic carbocycles. The molecule has 112 valence electrons. The highest BCUT2D eigenvalue weighted by molar-refractivity contribution is 7.89.